The lowest BCUT2D eigenvalue weighted by atomic mass is 9.76. The second kappa shape index (κ2) is 5.57. The van der Waals surface area contributed by atoms with E-state index in [0.717, 1.165) is 16.5 Å². The molecule has 1 heterocycles. The number of hydrogen-bond donors (Lipinski definition) is 3. The van der Waals surface area contributed by atoms with Crippen LogP contribution in [0.5, 0.6) is 0 Å². The number of aromatic amines is 1. The maximum absolute atomic E-state index is 12.2. The number of carboxylic acids is 1. The molecule has 1 fully saturated rings. The second-order valence-electron chi connectivity index (χ2n) is 5.37. The van der Waals surface area contributed by atoms with Crippen molar-refractivity contribution >= 4 is 27.8 Å². The van der Waals surface area contributed by atoms with E-state index in [1.54, 1.807) is 6.07 Å². The molecule has 1 aromatic carbocycles. The summed E-state index contributed by atoms with van der Waals surface area (Å²) < 4.78 is 0.957. The summed E-state index contributed by atoms with van der Waals surface area (Å²) in [5.74, 6) is -1.43. The molecule has 0 unspecified atom stereocenters. The van der Waals surface area contributed by atoms with Crippen molar-refractivity contribution in [1.29, 1.82) is 0 Å². The zero-order valence-electron chi connectivity index (χ0n) is 11.6. The van der Waals surface area contributed by atoms with Gasteiger partial charge in [0, 0.05) is 10.0 Å². The topological polar surface area (TPSA) is 95.1 Å². The van der Waals surface area contributed by atoms with Crippen molar-refractivity contribution in [3.05, 3.63) is 40.5 Å². The first-order valence-corrected chi connectivity index (χ1v) is 7.67. The van der Waals surface area contributed by atoms with Gasteiger partial charge in [-0.25, -0.2) is 4.79 Å². The number of hydrogen-bond acceptors (Lipinski definition) is 3. The van der Waals surface area contributed by atoms with Crippen molar-refractivity contribution in [2.45, 2.75) is 24.8 Å². The van der Waals surface area contributed by atoms with Gasteiger partial charge in [0.25, 0.3) is 5.91 Å². The van der Waals surface area contributed by atoms with Crippen LogP contribution in [0.3, 0.4) is 0 Å². The van der Waals surface area contributed by atoms with Gasteiger partial charge in [-0.1, -0.05) is 28.1 Å². The fourth-order valence-corrected chi connectivity index (χ4v) is 2.68. The molecule has 0 bridgehead atoms. The van der Waals surface area contributed by atoms with Gasteiger partial charge in [0.15, 0.2) is 0 Å². The first-order valence-electron chi connectivity index (χ1n) is 6.87. The van der Waals surface area contributed by atoms with Crippen molar-refractivity contribution in [2.24, 2.45) is 0 Å². The van der Waals surface area contributed by atoms with Crippen LogP contribution in [-0.2, 0) is 4.79 Å². The fourth-order valence-electron chi connectivity index (χ4n) is 2.41. The largest absolute Gasteiger partial charge is 0.480 e. The van der Waals surface area contributed by atoms with Crippen LogP contribution in [0.25, 0.3) is 11.3 Å². The highest BCUT2D eigenvalue weighted by Crippen LogP contribution is 2.32. The van der Waals surface area contributed by atoms with Crippen LogP contribution in [0, 0.1) is 0 Å². The van der Waals surface area contributed by atoms with E-state index in [-0.39, 0.29) is 5.69 Å². The zero-order valence-corrected chi connectivity index (χ0v) is 13.2. The third-order valence-corrected chi connectivity index (χ3v) is 4.46. The molecule has 0 radical (unpaired) electrons. The molecule has 1 aliphatic rings. The molecule has 0 spiro atoms. The van der Waals surface area contributed by atoms with E-state index >= 15 is 0 Å². The Labute approximate surface area is 135 Å². The summed E-state index contributed by atoms with van der Waals surface area (Å²) in [5, 5.41) is 18.6. The monoisotopic (exact) mass is 363 g/mol. The highest BCUT2D eigenvalue weighted by molar-refractivity contribution is 9.10. The van der Waals surface area contributed by atoms with Crippen LogP contribution < -0.4 is 5.32 Å². The summed E-state index contributed by atoms with van der Waals surface area (Å²) in [6.07, 6.45) is 1.73. The van der Waals surface area contributed by atoms with E-state index < -0.39 is 17.4 Å². The number of benzene rings is 1. The fraction of sp³-hybridized carbons (Fsp3) is 0.267. The predicted octanol–water partition coefficient (Wildman–Crippen LogP) is 2.58. The lowest BCUT2D eigenvalue weighted by Crippen LogP contribution is -2.59. The number of H-pyrrole nitrogens is 1. The Morgan fingerprint density at radius 3 is 2.50 bits per heavy atom. The van der Waals surface area contributed by atoms with E-state index in [1.165, 1.54) is 0 Å². The molecule has 1 aliphatic carbocycles. The van der Waals surface area contributed by atoms with E-state index in [2.05, 4.69) is 31.4 Å². The summed E-state index contributed by atoms with van der Waals surface area (Å²) in [4.78, 5) is 23.5. The highest BCUT2D eigenvalue weighted by Gasteiger charge is 2.45. The number of carbonyl (C=O) groups excluding carboxylic acids is 1. The minimum atomic E-state index is -1.13. The molecule has 114 valence electrons. The lowest BCUT2D eigenvalue weighted by molar-refractivity contribution is -0.148. The molecule has 0 aliphatic heterocycles. The van der Waals surface area contributed by atoms with Gasteiger partial charge >= 0.3 is 5.97 Å². The average molecular weight is 364 g/mol. The number of carbonyl (C=O) groups is 2. The molecule has 6 nitrogen and oxygen atoms in total. The Kier molecular flexibility index (Phi) is 3.74. The van der Waals surface area contributed by atoms with Gasteiger partial charge in [-0.2, -0.15) is 5.10 Å². The van der Waals surface area contributed by atoms with Crippen molar-refractivity contribution in [2.75, 3.05) is 0 Å². The quantitative estimate of drug-likeness (QED) is 0.777. The number of nitrogens with zero attached hydrogens (tertiary/aromatic N) is 1. The van der Waals surface area contributed by atoms with Crippen LogP contribution in [0.15, 0.2) is 34.8 Å². The molecule has 1 amide bonds. The summed E-state index contributed by atoms with van der Waals surface area (Å²) in [6.45, 7) is 0. The van der Waals surface area contributed by atoms with Crippen molar-refractivity contribution in [3.63, 3.8) is 0 Å². The number of rotatable bonds is 4. The van der Waals surface area contributed by atoms with E-state index in [9.17, 15) is 14.7 Å². The molecule has 7 heteroatoms. The van der Waals surface area contributed by atoms with E-state index in [4.69, 9.17) is 0 Å². The summed E-state index contributed by atoms with van der Waals surface area (Å²) in [5.41, 5.74) is 0.635. The maximum Gasteiger partial charge on any atom is 0.329 e. The summed E-state index contributed by atoms with van der Waals surface area (Å²) in [7, 11) is 0. The molecule has 3 rings (SSSR count). The molecule has 22 heavy (non-hydrogen) atoms. The van der Waals surface area contributed by atoms with Gasteiger partial charge in [0.1, 0.15) is 11.2 Å². The molecule has 1 aromatic heterocycles. The first kappa shape index (κ1) is 14.8. The SMILES string of the molecule is O=C(NC1(C(=O)O)CCC1)c1cc(-c2ccc(Br)cc2)n[nH]1. The summed E-state index contributed by atoms with van der Waals surface area (Å²) >= 11 is 3.36. The van der Waals surface area contributed by atoms with Gasteiger partial charge in [-0.3, -0.25) is 9.89 Å². The number of carboxylic acid groups (broad SMARTS) is 1. The van der Waals surface area contributed by atoms with Crippen LogP contribution in [0.2, 0.25) is 0 Å². The Morgan fingerprint density at radius 1 is 1.27 bits per heavy atom. The number of halogens is 1. The molecule has 0 saturated heterocycles. The number of aromatic nitrogens is 2. The predicted molar refractivity (Wildman–Crippen MR) is 83.4 cm³/mol. The summed E-state index contributed by atoms with van der Waals surface area (Å²) in [6, 6.07) is 9.15. The molecular formula is C15H14BrN3O3. The van der Waals surface area contributed by atoms with E-state index in [0.29, 0.717) is 18.5 Å². The van der Waals surface area contributed by atoms with E-state index in [1.807, 2.05) is 24.3 Å². The van der Waals surface area contributed by atoms with Crippen LogP contribution in [-0.4, -0.2) is 32.7 Å². The average Bonchev–Trinajstić information content (AvgIpc) is 2.93. The van der Waals surface area contributed by atoms with Gasteiger partial charge < -0.3 is 10.4 Å². The molecular weight excluding hydrogens is 350 g/mol. The van der Waals surface area contributed by atoms with Crippen molar-refractivity contribution in [3.8, 4) is 11.3 Å². The van der Waals surface area contributed by atoms with Gasteiger partial charge in [-0.15, -0.1) is 0 Å². The number of nitrogens with one attached hydrogen (secondary N) is 2. The van der Waals surface area contributed by atoms with Crippen LogP contribution in [0.1, 0.15) is 29.8 Å². The highest BCUT2D eigenvalue weighted by atomic mass is 79.9. The molecule has 1 saturated carbocycles. The van der Waals surface area contributed by atoms with Crippen molar-refractivity contribution < 1.29 is 14.7 Å². The smallest absolute Gasteiger partial charge is 0.329 e. The van der Waals surface area contributed by atoms with Gasteiger partial charge in [0.05, 0.1) is 5.69 Å². The molecule has 0 atom stereocenters. The van der Waals surface area contributed by atoms with Crippen LogP contribution >= 0.6 is 15.9 Å². The first-order chi connectivity index (χ1) is 10.5. The Morgan fingerprint density at radius 2 is 1.95 bits per heavy atom. The Hall–Kier alpha value is -2.15. The molecule has 2 aromatic rings. The molecule has 3 N–H and O–H groups in total. The van der Waals surface area contributed by atoms with Crippen molar-refractivity contribution in [1.82, 2.24) is 15.5 Å². The normalized spacial score (nSPS) is 15.9. The van der Waals surface area contributed by atoms with Gasteiger partial charge in [-0.05, 0) is 37.5 Å². The van der Waals surface area contributed by atoms with Gasteiger partial charge in [0.2, 0.25) is 0 Å². The Balaban J connectivity index is 1.77. The number of amides is 1. The minimum Gasteiger partial charge on any atom is -0.480 e. The third kappa shape index (κ3) is 2.64. The maximum atomic E-state index is 12.2. The standard InChI is InChI=1S/C15H14BrN3O3/c16-10-4-2-9(3-5-10)11-8-12(19-18-11)13(20)17-15(14(21)22)6-1-7-15/h2-5,8H,1,6-7H2,(H,17,20)(H,18,19)(H,21,22). The number of aliphatic carboxylic acids is 1. The second-order valence-corrected chi connectivity index (χ2v) is 6.28. The zero-order chi connectivity index (χ0) is 15.7. The third-order valence-electron chi connectivity index (χ3n) is 3.93. The Bertz CT molecular complexity index is 720. The van der Waals surface area contributed by atoms with Crippen LogP contribution in [0.4, 0.5) is 0 Å². The minimum absolute atomic E-state index is 0.255. The lowest BCUT2D eigenvalue weighted by Gasteiger charge is -2.37.